The van der Waals surface area contributed by atoms with E-state index in [4.69, 9.17) is 9.26 Å². The molecular formula is C20H25N3O4. The second-order valence-corrected chi connectivity index (χ2v) is 6.72. The molecule has 7 heteroatoms. The standard InChI is InChI=1S/C20H25N3O4/c1-4-17-13(2)19(27-22-17)21-18(24)14-8-10-23(11-9-14)20(25)15-6-5-7-16(12-15)26-3/h5-7,12,14H,4,8-11H2,1-3H3,(H,21,24). The molecule has 1 saturated heterocycles. The van der Waals surface area contributed by atoms with Crippen LogP contribution in [-0.4, -0.2) is 42.1 Å². The molecule has 1 N–H and O–H groups in total. The van der Waals surface area contributed by atoms with Crippen LogP contribution in [0.5, 0.6) is 5.75 Å². The van der Waals surface area contributed by atoms with E-state index in [1.54, 1.807) is 30.2 Å². The van der Waals surface area contributed by atoms with E-state index in [2.05, 4.69) is 10.5 Å². The average molecular weight is 371 g/mol. The van der Waals surface area contributed by atoms with E-state index in [1.165, 1.54) is 0 Å². The maximum atomic E-state index is 12.7. The minimum atomic E-state index is -0.145. The number of nitrogens with one attached hydrogen (secondary N) is 1. The topological polar surface area (TPSA) is 84.7 Å². The van der Waals surface area contributed by atoms with E-state index in [0.717, 1.165) is 17.7 Å². The minimum Gasteiger partial charge on any atom is -0.497 e. The summed E-state index contributed by atoms with van der Waals surface area (Å²) in [4.78, 5) is 27.0. The lowest BCUT2D eigenvalue weighted by Crippen LogP contribution is -2.41. The van der Waals surface area contributed by atoms with E-state index in [-0.39, 0.29) is 17.7 Å². The SMILES string of the molecule is CCc1noc(NC(=O)C2CCN(C(=O)c3cccc(OC)c3)CC2)c1C. The molecule has 1 aliphatic heterocycles. The summed E-state index contributed by atoms with van der Waals surface area (Å²) in [6.45, 7) is 4.97. The van der Waals surface area contributed by atoms with Crippen molar-refractivity contribution in [2.45, 2.75) is 33.1 Å². The maximum Gasteiger partial charge on any atom is 0.253 e. The quantitative estimate of drug-likeness (QED) is 0.873. The number of aromatic nitrogens is 1. The highest BCUT2D eigenvalue weighted by Crippen LogP contribution is 2.24. The van der Waals surface area contributed by atoms with Crippen LogP contribution in [0.3, 0.4) is 0 Å². The summed E-state index contributed by atoms with van der Waals surface area (Å²) in [5.74, 6) is 0.821. The third-order valence-electron chi connectivity index (χ3n) is 5.06. The molecule has 144 valence electrons. The number of aryl methyl sites for hydroxylation is 1. The average Bonchev–Trinajstić information content (AvgIpc) is 3.07. The highest BCUT2D eigenvalue weighted by atomic mass is 16.5. The number of ether oxygens (including phenoxy) is 1. The predicted molar refractivity (Wildman–Crippen MR) is 101 cm³/mol. The van der Waals surface area contributed by atoms with Gasteiger partial charge >= 0.3 is 0 Å². The molecule has 2 aromatic rings. The summed E-state index contributed by atoms with van der Waals surface area (Å²) in [7, 11) is 1.58. The second-order valence-electron chi connectivity index (χ2n) is 6.72. The minimum absolute atomic E-state index is 0.0357. The Morgan fingerprint density at radius 1 is 1.33 bits per heavy atom. The summed E-state index contributed by atoms with van der Waals surface area (Å²) in [6.07, 6.45) is 2.00. The first-order valence-electron chi connectivity index (χ1n) is 9.22. The molecule has 0 unspecified atom stereocenters. The zero-order valence-electron chi connectivity index (χ0n) is 15.9. The van der Waals surface area contributed by atoms with Gasteiger partial charge in [0.15, 0.2) is 0 Å². The molecule has 0 atom stereocenters. The molecule has 0 spiro atoms. The Morgan fingerprint density at radius 3 is 2.70 bits per heavy atom. The van der Waals surface area contributed by atoms with Crippen molar-refractivity contribution in [1.82, 2.24) is 10.1 Å². The molecular weight excluding hydrogens is 346 g/mol. The summed E-state index contributed by atoms with van der Waals surface area (Å²) >= 11 is 0. The van der Waals surface area contributed by atoms with Crippen molar-refractivity contribution in [3.63, 3.8) is 0 Å². The van der Waals surface area contributed by atoms with Crippen LogP contribution in [0.1, 0.15) is 41.4 Å². The van der Waals surface area contributed by atoms with Gasteiger partial charge in [-0.05, 0) is 44.4 Å². The molecule has 0 saturated carbocycles. The number of rotatable bonds is 5. The predicted octanol–water partition coefficient (Wildman–Crippen LogP) is 3.04. The van der Waals surface area contributed by atoms with Crippen LogP contribution >= 0.6 is 0 Å². The molecule has 1 aliphatic rings. The first-order chi connectivity index (χ1) is 13.0. The second kappa shape index (κ2) is 8.24. The molecule has 1 aromatic heterocycles. The third-order valence-corrected chi connectivity index (χ3v) is 5.06. The van der Waals surface area contributed by atoms with Crippen molar-refractivity contribution in [2.75, 3.05) is 25.5 Å². The smallest absolute Gasteiger partial charge is 0.253 e. The molecule has 27 heavy (non-hydrogen) atoms. The number of nitrogens with zero attached hydrogens (tertiary/aromatic N) is 2. The van der Waals surface area contributed by atoms with Crippen LogP contribution in [0.2, 0.25) is 0 Å². The van der Waals surface area contributed by atoms with E-state index in [1.807, 2.05) is 19.9 Å². The lowest BCUT2D eigenvalue weighted by molar-refractivity contribution is -0.121. The van der Waals surface area contributed by atoms with Crippen molar-refractivity contribution in [3.8, 4) is 5.75 Å². The van der Waals surface area contributed by atoms with Gasteiger partial charge in [0, 0.05) is 30.1 Å². The number of anilines is 1. The normalized spacial score (nSPS) is 14.9. The Bertz CT molecular complexity index is 822. The highest BCUT2D eigenvalue weighted by Gasteiger charge is 2.29. The molecule has 0 bridgehead atoms. The Morgan fingerprint density at radius 2 is 2.07 bits per heavy atom. The number of piperidine rings is 1. The first-order valence-corrected chi connectivity index (χ1v) is 9.22. The van der Waals surface area contributed by atoms with Crippen LogP contribution < -0.4 is 10.1 Å². The number of hydrogen-bond donors (Lipinski definition) is 1. The van der Waals surface area contributed by atoms with Crippen molar-refractivity contribution < 1.29 is 18.8 Å². The van der Waals surface area contributed by atoms with Gasteiger partial charge in [0.1, 0.15) is 5.75 Å². The zero-order chi connectivity index (χ0) is 19.4. The summed E-state index contributed by atoms with van der Waals surface area (Å²) < 4.78 is 10.4. The Balaban J connectivity index is 1.57. The fourth-order valence-electron chi connectivity index (χ4n) is 3.31. The maximum absolute atomic E-state index is 12.7. The van der Waals surface area contributed by atoms with Gasteiger partial charge in [0.05, 0.1) is 12.8 Å². The number of amides is 2. The van der Waals surface area contributed by atoms with Gasteiger partial charge in [-0.2, -0.15) is 0 Å². The number of benzene rings is 1. The highest BCUT2D eigenvalue weighted by molar-refractivity contribution is 5.95. The van der Waals surface area contributed by atoms with Crippen molar-refractivity contribution in [2.24, 2.45) is 5.92 Å². The third kappa shape index (κ3) is 4.13. The summed E-state index contributed by atoms with van der Waals surface area (Å²) in [5, 5.41) is 6.80. The Kier molecular flexibility index (Phi) is 5.78. The largest absolute Gasteiger partial charge is 0.497 e. The molecule has 1 fully saturated rings. The van der Waals surface area contributed by atoms with Gasteiger partial charge in [-0.3, -0.25) is 14.9 Å². The Labute approximate surface area is 158 Å². The fraction of sp³-hybridized carbons (Fsp3) is 0.450. The van der Waals surface area contributed by atoms with E-state index < -0.39 is 0 Å². The zero-order valence-corrected chi connectivity index (χ0v) is 15.9. The molecule has 0 radical (unpaired) electrons. The van der Waals surface area contributed by atoms with Crippen molar-refractivity contribution >= 4 is 17.7 Å². The van der Waals surface area contributed by atoms with Crippen LogP contribution in [0, 0.1) is 12.8 Å². The Hall–Kier alpha value is -2.83. The molecule has 7 nitrogen and oxygen atoms in total. The van der Waals surface area contributed by atoms with E-state index in [9.17, 15) is 9.59 Å². The first kappa shape index (κ1) is 18.9. The molecule has 0 aliphatic carbocycles. The summed E-state index contributed by atoms with van der Waals surface area (Å²) in [6, 6.07) is 7.13. The van der Waals surface area contributed by atoms with Gasteiger partial charge in [0.2, 0.25) is 11.8 Å². The van der Waals surface area contributed by atoms with Crippen LogP contribution in [0.25, 0.3) is 0 Å². The van der Waals surface area contributed by atoms with Gasteiger partial charge < -0.3 is 14.2 Å². The van der Waals surface area contributed by atoms with Gasteiger partial charge in [-0.25, -0.2) is 0 Å². The van der Waals surface area contributed by atoms with Crippen molar-refractivity contribution in [3.05, 3.63) is 41.1 Å². The van der Waals surface area contributed by atoms with Crippen LogP contribution in [0.4, 0.5) is 5.88 Å². The molecule has 1 aromatic carbocycles. The molecule has 3 rings (SSSR count). The van der Waals surface area contributed by atoms with E-state index in [0.29, 0.717) is 43.1 Å². The monoisotopic (exact) mass is 371 g/mol. The molecule has 2 amide bonds. The van der Waals surface area contributed by atoms with Gasteiger partial charge in [0.25, 0.3) is 5.91 Å². The fourth-order valence-corrected chi connectivity index (χ4v) is 3.31. The number of methoxy groups -OCH3 is 1. The van der Waals surface area contributed by atoms with E-state index >= 15 is 0 Å². The lowest BCUT2D eigenvalue weighted by Gasteiger charge is -2.31. The van der Waals surface area contributed by atoms with Gasteiger partial charge in [-0.15, -0.1) is 0 Å². The number of hydrogen-bond acceptors (Lipinski definition) is 5. The lowest BCUT2D eigenvalue weighted by atomic mass is 9.95. The number of carbonyl (C=O) groups excluding carboxylic acids is 2. The molecule has 2 heterocycles. The van der Waals surface area contributed by atoms with Crippen LogP contribution in [-0.2, 0) is 11.2 Å². The number of likely N-dealkylation sites (tertiary alicyclic amines) is 1. The number of carbonyl (C=O) groups is 2. The van der Waals surface area contributed by atoms with Gasteiger partial charge in [-0.1, -0.05) is 18.1 Å². The summed E-state index contributed by atoms with van der Waals surface area (Å²) in [5.41, 5.74) is 2.32. The van der Waals surface area contributed by atoms with Crippen molar-refractivity contribution in [1.29, 1.82) is 0 Å². The van der Waals surface area contributed by atoms with Crippen LogP contribution in [0.15, 0.2) is 28.8 Å².